The highest BCUT2D eigenvalue weighted by atomic mass is 16.6. The van der Waals surface area contributed by atoms with Gasteiger partial charge in [-0.25, -0.2) is 4.79 Å². The fourth-order valence-electron chi connectivity index (χ4n) is 5.95. The number of carbonyl (C=O) groups is 2. The number of benzene rings is 1. The van der Waals surface area contributed by atoms with E-state index in [1.165, 1.54) is 5.56 Å². The Hall–Kier alpha value is -1.92. The minimum absolute atomic E-state index is 0.0708. The molecular weight excluding hydrogens is 466 g/mol. The summed E-state index contributed by atoms with van der Waals surface area (Å²) in [5.41, 5.74) is 1.24. The highest BCUT2D eigenvalue weighted by molar-refractivity contribution is 5.85. The number of aliphatic hydroxyl groups is 1. The third-order valence-corrected chi connectivity index (χ3v) is 8.49. The first-order valence-corrected chi connectivity index (χ1v) is 14.5. The van der Waals surface area contributed by atoms with Gasteiger partial charge >= 0.3 is 5.97 Å². The van der Waals surface area contributed by atoms with Gasteiger partial charge < -0.3 is 19.5 Å². The number of hydrogen-bond acceptors (Lipinski definition) is 5. The zero-order valence-electron chi connectivity index (χ0n) is 23.8. The Balaban J connectivity index is 1.71. The second-order valence-corrected chi connectivity index (χ2v) is 12.0. The van der Waals surface area contributed by atoms with Crippen LogP contribution in [0.2, 0.25) is 0 Å². The number of hydrogen-bond donors (Lipinski definition) is 1. The Morgan fingerprint density at radius 3 is 2.43 bits per heavy atom. The Labute approximate surface area is 224 Å². The van der Waals surface area contributed by atoms with E-state index in [0.717, 1.165) is 38.5 Å². The minimum Gasteiger partial charge on any atom is -0.460 e. The average Bonchev–Trinajstić information content (AvgIpc) is 2.87. The van der Waals surface area contributed by atoms with Crippen molar-refractivity contribution in [3.63, 3.8) is 0 Å². The van der Waals surface area contributed by atoms with Gasteiger partial charge in [0.05, 0.1) is 12.5 Å². The number of ether oxygens (including phenoxy) is 2. The van der Waals surface area contributed by atoms with Crippen molar-refractivity contribution in [2.24, 2.45) is 23.7 Å². The normalized spacial score (nSPS) is 28.2. The number of amides is 1. The molecule has 0 aromatic heterocycles. The molecule has 37 heavy (non-hydrogen) atoms. The van der Waals surface area contributed by atoms with Crippen LogP contribution >= 0.6 is 0 Å². The van der Waals surface area contributed by atoms with E-state index in [-0.39, 0.29) is 54.2 Å². The monoisotopic (exact) mass is 515 g/mol. The molecule has 2 fully saturated rings. The molecule has 3 rings (SSSR count). The van der Waals surface area contributed by atoms with Crippen LogP contribution in [0.3, 0.4) is 0 Å². The van der Waals surface area contributed by atoms with Gasteiger partial charge in [0.2, 0.25) is 5.91 Å². The van der Waals surface area contributed by atoms with Gasteiger partial charge in [-0.2, -0.15) is 0 Å². The van der Waals surface area contributed by atoms with Crippen LogP contribution < -0.4 is 0 Å². The molecule has 1 aromatic rings. The number of nitrogens with zero attached hydrogens (tertiary/aromatic N) is 1. The van der Waals surface area contributed by atoms with E-state index in [2.05, 4.69) is 46.8 Å². The van der Waals surface area contributed by atoms with Crippen LogP contribution in [0.5, 0.6) is 0 Å². The summed E-state index contributed by atoms with van der Waals surface area (Å²) in [6.07, 6.45) is 5.33. The number of rotatable bonds is 10. The SMILES string of the molecule is CCC(Cc1ccccc1)C(OC(=O)C1CCCCN1C(=O)CC1(O)OC(C(C)C)CCC1C)C(C)C. The number of esters is 1. The van der Waals surface area contributed by atoms with E-state index in [9.17, 15) is 14.7 Å². The zero-order chi connectivity index (χ0) is 27.2. The van der Waals surface area contributed by atoms with Gasteiger partial charge in [-0.15, -0.1) is 0 Å². The van der Waals surface area contributed by atoms with Gasteiger partial charge in [0, 0.05) is 12.5 Å². The van der Waals surface area contributed by atoms with Crippen molar-refractivity contribution in [3.8, 4) is 0 Å². The Morgan fingerprint density at radius 2 is 1.81 bits per heavy atom. The maximum Gasteiger partial charge on any atom is 0.329 e. The van der Waals surface area contributed by atoms with E-state index >= 15 is 0 Å². The summed E-state index contributed by atoms with van der Waals surface area (Å²) in [6, 6.07) is 9.71. The van der Waals surface area contributed by atoms with Crippen molar-refractivity contribution in [1.29, 1.82) is 0 Å². The van der Waals surface area contributed by atoms with E-state index in [4.69, 9.17) is 9.47 Å². The first kappa shape index (κ1) is 29.6. The largest absolute Gasteiger partial charge is 0.460 e. The molecule has 208 valence electrons. The lowest BCUT2D eigenvalue weighted by atomic mass is 9.85. The number of carbonyl (C=O) groups excluding carboxylic acids is 2. The lowest BCUT2D eigenvalue weighted by Gasteiger charge is -2.44. The van der Waals surface area contributed by atoms with Gasteiger partial charge in [-0.05, 0) is 68.3 Å². The Bertz CT molecular complexity index is 872. The van der Waals surface area contributed by atoms with Crippen LogP contribution in [0.4, 0.5) is 0 Å². The van der Waals surface area contributed by atoms with Crippen LogP contribution in [0, 0.1) is 23.7 Å². The highest BCUT2D eigenvalue weighted by Gasteiger charge is 2.46. The second-order valence-electron chi connectivity index (χ2n) is 12.0. The quantitative estimate of drug-likeness (QED) is 0.401. The van der Waals surface area contributed by atoms with Gasteiger partial charge in [-0.1, -0.05) is 71.9 Å². The van der Waals surface area contributed by atoms with Gasteiger partial charge in [-0.3, -0.25) is 4.79 Å². The molecule has 6 atom stereocenters. The smallest absolute Gasteiger partial charge is 0.329 e. The van der Waals surface area contributed by atoms with Gasteiger partial charge in [0.1, 0.15) is 12.1 Å². The Morgan fingerprint density at radius 1 is 1.11 bits per heavy atom. The third kappa shape index (κ3) is 7.57. The van der Waals surface area contributed by atoms with Crippen molar-refractivity contribution in [2.45, 2.75) is 117 Å². The molecule has 1 amide bonds. The molecule has 0 spiro atoms. The zero-order valence-corrected chi connectivity index (χ0v) is 23.8. The van der Waals surface area contributed by atoms with Crippen molar-refractivity contribution in [3.05, 3.63) is 35.9 Å². The van der Waals surface area contributed by atoms with Crippen molar-refractivity contribution >= 4 is 11.9 Å². The molecule has 2 heterocycles. The molecule has 0 saturated carbocycles. The van der Waals surface area contributed by atoms with E-state index < -0.39 is 11.8 Å². The third-order valence-electron chi connectivity index (χ3n) is 8.49. The van der Waals surface area contributed by atoms with Crippen LogP contribution in [-0.2, 0) is 25.5 Å². The van der Waals surface area contributed by atoms with Gasteiger partial charge in [0.15, 0.2) is 5.79 Å². The summed E-state index contributed by atoms with van der Waals surface area (Å²) in [6.45, 7) is 12.9. The van der Waals surface area contributed by atoms with Crippen molar-refractivity contribution in [2.75, 3.05) is 6.54 Å². The molecule has 0 bridgehead atoms. The van der Waals surface area contributed by atoms with Crippen LogP contribution in [0.25, 0.3) is 0 Å². The standard InChI is InChI=1S/C31H49NO5/c1-7-25(19-24-13-9-8-10-14-24)29(22(4)5)36-30(34)26-15-11-12-18-32(26)28(33)20-31(35)23(6)16-17-27(37-31)21(2)3/h8-10,13-14,21-23,25-27,29,35H,7,11-12,15-20H2,1-6H3. The topological polar surface area (TPSA) is 76.1 Å². The number of likely N-dealkylation sites (tertiary alicyclic amines) is 1. The summed E-state index contributed by atoms with van der Waals surface area (Å²) < 4.78 is 12.3. The van der Waals surface area contributed by atoms with Crippen molar-refractivity contribution < 1.29 is 24.2 Å². The molecule has 2 aliphatic rings. The fraction of sp³-hybridized carbons (Fsp3) is 0.742. The summed E-state index contributed by atoms with van der Waals surface area (Å²) >= 11 is 0. The van der Waals surface area contributed by atoms with E-state index in [1.54, 1.807) is 4.90 Å². The minimum atomic E-state index is -1.50. The summed E-state index contributed by atoms with van der Waals surface area (Å²) in [5, 5.41) is 11.4. The van der Waals surface area contributed by atoms with Crippen molar-refractivity contribution in [1.82, 2.24) is 4.90 Å². The number of piperidine rings is 1. The van der Waals surface area contributed by atoms with E-state index in [1.807, 2.05) is 25.1 Å². The fourth-order valence-corrected chi connectivity index (χ4v) is 5.95. The summed E-state index contributed by atoms with van der Waals surface area (Å²) in [4.78, 5) is 28.8. The summed E-state index contributed by atoms with van der Waals surface area (Å²) in [7, 11) is 0. The molecule has 6 heteroatoms. The molecule has 2 saturated heterocycles. The summed E-state index contributed by atoms with van der Waals surface area (Å²) in [5.74, 6) is -1.56. The maximum atomic E-state index is 13.6. The van der Waals surface area contributed by atoms with Crippen LogP contribution in [0.1, 0.15) is 92.1 Å². The predicted octanol–water partition coefficient (Wildman–Crippen LogP) is 5.75. The molecule has 2 aliphatic heterocycles. The second kappa shape index (κ2) is 13.2. The molecule has 6 unspecified atom stereocenters. The molecular formula is C31H49NO5. The predicted molar refractivity (Wildman–Crippen MR) is 146 cm³/mol. The van der Waals surface area contributed by atoms with E-state index in [0.29, 0.717) is 13.0 Å². The van der Waals surface area contributed by atoms with Crippen LogP contribution in [-0.4, -0.2) is 52.5 Å². The molecule has 0 aliphatic carbocycles. The molecule has 6 nitrogen and oxygen atoms in total. The lowest BCUT2D eigenvalue weighted by Crippen LogP contribution is -2.55. The molecule has 1 aromatic carbocycles. The first-order chi connectivity index (χ1) is 17.6. The Kier molecular flexibility index (Phi) is 10.6. The lowest BCUT2D eigenvalue weighted by molar-refractivity contribution is -0.287. The first-order valence-electron chi connectivity index (χ1n) is 14.5. The van der Waals surface area contributed by atoms with Crippen LogP contribution in [0.15, 0.2) is 30.3 Å². The highest BCUT2D eigenvalue weighted by Crippen LogP contribution is 2.38. The molecule has 1 N–H and O–H groups in total. The molecule has 0 radical (unpaired) electrons. The van der Waals surface area contributed by atoms with Gasteiger partial charge in [0.25, 0.3) is 0 Å². The maximum absolute atomic E-state index is 13.6. The average molecular weight is 516 g/mol.